The third-order valence-corrected chi connectivity index (χ3v) is 8.42. The van der Waals surface area contributed by atoms with E-state index in [0.29, 0.717) is 76.6 Å². The first-order valence-electron chi connectivity index (χ1n) is 13.6. The Morgan fingerprint density at radius 3 is 2.19 bits per heavy atom. The largest absolute Gasteiger partial charge is 0.493 e. The Labute approximate surface area is 254 Å². The number of methoxy groups -OCH3 is 2. The SMILES string of the molecule is COc1cc2nc(N3CCC(Cc4ccc(Cl)cc4)(C(=O)NC(CO)c4ccc(Cl)cc4)CC3)nc(N)c2cc1OC. The first-order valence-corrected chi connectivity index (χ1v) is 14.4. The van der Waals surface area contributed by atoms with Crippen molar-refractivity contribution in [1.82, 2.24) is 15.3 Å². The van der Waals surface area contributed by atoms with E-state index < -0.39 is 11.5 Å². The molecule has 1 unspecified atom stereocenters. The molecule has 3 aromatic carbocycles. The van der Waals surface area contributed by atoms with Crippen molar-refractivity contribution in [1.29, 1.82) is 0 Å². The number of aliphatic hydroxyl groups excluding tert-OH is 1. The number of nitrogens with two attached hydrogens (primary N) is 1. The molecule has 0 saturated carbocycles. The summed E-state index contributed by atoms with van der Waals surface area (Å²) in [6.07, 6.45) is 1.58. The van der Waals surface area contributed by atoms with E-state index in [1.165, 1.54) is 0 Å². The van der Waals surface area contributed by atoms with Gasteiger partial charge in [0.1, 0.15) is 5.82 Å². The average molecular weight is 611 g/mol. The van der Waals surface area contributed by atoms with Crippen molar-refractivity contribution in [3.63, 3.8) is 0 Å². The molecular weight excluding hydrogens is 577 g/mol. The van der Waals surface area contributed by atoms with Gasteiger partial charge in [0, 0.05) is 34.6 Å². The number of fused-ring (bicyclic) bond motifs is 1. The minimum absolute atomic E-state index is 0.123. The lowest BCUT2D eigenvalue weighted by Crippen LogP contribution is -2.51. The van der Waals surface area contributed by atoms with E-state index in [1.807, 2.05) is 41.3 Å². The molecule has 0 radical (unpaired) electrons. The van der Waals surface area contributed by atoms with Crippen LogP contribution in [0.2, 0.25) is 10.0 Å². The molecule has 220 valence electrons. The molecule has 42 heavy (non-hydrogen) atoms. The standard InChI is InChI=1S/C31H33Cl2N5O4/c1-41-26-15-23-24(16-27(26)42-2)36-30(37-28(23)34)38-13-11-31(12-14-38,17-19-3-7-21(32)8-4-19)29(40)35-25(18-39)20-5-9-22(33)10-6-20/h3-10,15-16,25,39H,11-14,17-18H2,1-2H3,(H,35,40)(H2,34,36,37). The van der Waals surface area contributed by atoms with Crippen LogP contribution < -0.4 is 25.4 Å². The van der Waals surface area contributed by atoms with Crippen LogP contribution in [0, 0.1) is 5.41 Å². The van der Waals surface area contributed by atoms with Crippen LogP contribution in [-0.4, -0.2) is 54.9 Å². The molecule has 1 atom stereocenters. The number of carbonyl (C=O) groups excluding carboxylic acids is 1. The van der Waals surface area contributed by atoms with Crippen molar-refractivity contribution in [2.75, 3.05) is 44.5 Å². The zero-order chi connectivity index (χ0) is 29.9. The minimum Gasteiger partial charge on any atom is -0.493 e. The Morgan fingerprint density at radius 1 is 1.00 bits per heavy atom. The fraction of sp³-hybridized carbons (Fsp3) is 0.323. The molecule has 1 saturated heterocycles. The number of piperidine rings is 1. The number of anilines is 2. The average Bonchev–Trinajstić information content (AvgIpc) is 3.01. The topological polar surface area (TPSA) is 123 Å². The number of carbonyl (C=O) groups is 1. The maximum atomic E-state index is 14.0. The van der Waals surface area contributed by atoms with Crippen molar-refractivity contribution in [2.45, 2.75) is 25.3 Å². The predicted molar refractivity (Wildman–Crippen MR) is 166 cm³/mol. The summed E-state index contributed by atoms with van der Waals surface area (Å²) in [4.78, 5) is 25.4. The van der Waals surface area contributed by atoms with Gasteiger partial charge in [-0.25, -0.2) is 4.98 Å². The van der Waals surface area contributed by atoms with Gasteiger partial charge in [-0.05, 0) is 60.7 Å². The molecule has 1 amide bonds. The van der Waals surface area contributed by atoms with Crippen LogP contribution in [0.3, 0.4) is 0 Å². The van der Waals surface area contributed by atoms with Gasteiger partial charge in [-0.3, -0.25) is 4.79 Å². The maximum Gasteiger partial charge on any atom is 0.227 e. The van der Waals surface area contributed by atoms with E-state index in [0.717, 1.165) is 11.1 Å². The second-order valence-corrected chi connectivity index (χ2v) is 11.3. The number of benzene rings is 3. The smallest absolute Gasteiger partial charge is 0.227 e. The van der Waals surface area contributed by atoms with Crippen molar-refractivity contribution in [2.24, 2.45) is 5.41 Å². The first kappa shape index (κ1) is 29.7. The third kappa shape index (κ3) is 6.18. The van der Waals surface area contributed by atoms with Gasteiger partial charge in [-0.15, -0.1) is 0 Å². The summed E-state index contributed by atoms with van der Waals surface area (Å²) < 4.78 is 10.9. The zero-order valence-electron chi connectivity index (χ0n) is 23.4. The lowest BCUT2D eigenvalue weighted by molar-refractivity contribution is -0.133. The van der Waals surface area contributed by atoms with Crippen LogP contribution in [0.1, 0.15) is 30.0 Å². The van der Waals surface area contributed by atoms with Gasteiger partial charge in [-0.2, -0.15) is 4.98 Å². The second kappa shape index (κ2) is 12.6. The van der Waals surface area contributed by atoms with Crippen molar-refractivity contribution in [3.8, 4) is 11.5 Å². The van der Waals surface area contributed by atoms with E-state index in [9.17, 15) is 9.90 Å². The van der Waals surface area contributed by atoms with Gasteiger partial charge >= 0.3 is 0 Å². The van der Waals surface area contributed by atoms with Crippen LogP contribution >= 0.6 is 23.2 Å². The number of ether oxygens (including phenoxy) is 2. The fourth-order valence-electron chi connectivity index (χ4n) is 5.46. The molecule has 4 aromatic rings. The zero-order valence-corrected chi connectivity index (χ0v) is 25.0. The molecule has 2 heterocycles. The van der Waals surface area contributed by atoms with Crippen molar-refractivity contribution >= 4 is 51.8 Å². The number of nitrogens with one attached hydrogen (secondary N) is 1. The molecule has 1 aliphatic heterocycles. The predicted octanol–water partition coefficient (Wildman–Crippen LogP) is 5.22. The Balaban J connectivity index is 1.41. The summed E-state index contributed by atoms with van der Waals surface area (Å²) in [5, 5.41) is 15.1. The molecule has 1 aromatic heterocycles. The summed E-state index contributed by atoms with van der Waals surface area (Å²) in [6, 6.07) is 17.6. The summed E-state index contributed by atoms with van der Waals surface area (Å²) in [5.41, 5.74) is 8.04. The van der Waals surface area contributed by atoms with E-state index in [2.05, 4.69) is 10.3 Å². The highest BCUT2D eigenvalue weighted by Crippen LogP contribution is 2.39. The first-order chi connectivity index (χ1) is 20.2. The van der Waals surface area contributed by atoms with E-state index >= 15 is 0 Å². The quantitative estimate of drug-likeness (QED) is 0.236. The van der Waals surface area contributed by atoms with Gasteiger partial charge in [0.25, 0.3) is 0 Å². The monoisotopic (exact) mass is 609 g/mol. The fourth-order valence-corrected chi connectivity index (χ4v) is 5.71. The van der Waals surface area contributed by atoms with E-state index in [1.54, 1.807) is 38.5 Å². The maximum absolute atomic E-state index is 14.0. The number of nitrogens with zero attached hydrogens (tertiary/aromatic N) is 3. The Hall–Kier alpha value is -3.79. The van der Waals surface area contributed by atoms with Crippen molar-refractivity contribution < 1.29 is 19.4 Å². The van der Waals surface area contributed by atoms with Crippen LogP contribution in [0.25, 0.3) is 10.9 Å². The van der Waals surface area contributed by atoms with Gasteiger partial charge in [0.15, 0.2) is 11.5 Å². The highest BCUT2D eigenvalue weighted by atomic mass is 35.5. The van der Waals surface area contributed by atoms with E-state index in [-0.39, 0.29) is 12.5 Å². The van der Waals surface area contributed by atoms with Crippen LogP contribution in [-0.2, 0) is 11.2 Å². The van der Waals surface area contributed by atoms with Crippen LogP contribution in [0.5, 0.6) is 11.5 Å². The number of aliphatic hydroxyl groups is 1. The Kier molecular flexibility index (Phi) is 8.91. The molecule has 0 aliphatic carbocycles. The third-order valence-electron chi connectivity index (χ3n) is 7.92. The molecular formula is C31H33Cl2N5O4. The highest BCUT2D eigenvalue weighted by Gasteiger charge is 2.42. The summed E-state index contributed by atoms with van der Waals surface area (Å²) >= 11 is 12.2. The van der Waals surface area contributed by atoms with Gasteiger partial charge in [0.2, 0.25) is 11.9 Å². The normalized spacial score (nSPS) is 15.3. The lowest BCUT2D eigenvalue weighted by atomic mass is 9.72. The molecule has 1 fully saturated rings. The molecule has 11 heteroatoms. The second-order valence-electron chi connectivity index (χ2n) is 10.5. The summed E-state index contributed by atoms with van der Waals surface area (Å²) in [6.45, 7) is 0.822. The number of aromatic nitrogens is 2. The molecule has 0 bridgehead atoms. The molecule has 5 rings (SSSR count). The van der Waals surface area contributed by atoms with Crippen LogP contribution in [0.4, 0.5) is 11.8 Å². The van der Waals surface area contributed by atoms with Gasteiger partial charge < -0.3 is 30.5 Å². The number of halogens is 2. The van der Waals surface area contributed by atoms with Crippen LogP contribution in [0.15, 0.2) is 60.7 Å². The minimum atomic E-state index is -0.733. The highest BCUT2D eigenvalue weighted by molar-refractivity contribution is 6.30. The molecule has 0 spiro atoms. The lowest BCUT2D eigenvalue weighted by Gasteiger charge is -2.41. The van der Waals surface area contributed by atoms with Crippen molar-refractivity contribution in [3.05, 3.63) is 81.8 Å². The summed E-state index contributed by atoms with van der Waals surface area (Å²) in [5.74, 6) is 1.79. The number of amides is 1. The molecule has 9 nitrogen and oxygen atoms in total. The van der Waals surface area contributed by atoms with Gasteiger partial charge in [-0.1, -0.05) is 47.5 Å². The Morgan fingerprint density at radius 2 is 1.60 bits per heavy atom. The number of hydrogen-bond acceptors (Lipinski definition) is 8. The number of nitrogen functional groups attached to an aromatic ring is 1. The molecule has 1 aliphatic rings. The number of rotatable bonds is 9. The summed E-state index contributed by atoms with van der Waals surface area (Å²) in [7, 11) is 3.13. The number of hydrogen-bond donors (Lipinski definition) is 3. The Bertz CT molecular complexity index is 1560. The van der Waals surface area contributed by atoms with Gasteiger partial charge in [0.05, 0.1) is 37.8 Å². The molecule has 4 N–H and O–H groups in total. The van der Waals surface area contributed by atoms with E-state index in [4.69, 9.17) is 43.4 Å².